The van der Waals surface area contributed by atoms with Gasteiger partial charge in [-0.3, -0.25) is 9.59 Å². The maximum atomic E-state index is 12.8. The number of hydrogen-bond acceptors (Lipinski definition) is 7. The summed E-state index contributed by atoms with van der Waals surface area (Å²) in [5, 5.41) is 13.5. The van der Waals surface area contributed by atoms with Crippen LogP contribution >= 0.6 is 11.7 Å². The van der Waals surface area contributed by atoms with Crippen molar-refractivity contribution in [3.63, 3.8) is 0 Å². The number of nitrogens with one attached hydrogen (secondary N) is 1. The second kappa shape index (κ2) is 5.97. The minimum Gasteiger partial charge on any atom is -0.455 e. The Balaban J connectivity index is 1.24. The van der Waals surface area contributed by atoms with Gasteiger partial charge in [-0.2, -0.15) is 8.75 Å². The maximum absolute atomic E-state index is 12.8. The van der Waals surface area contributed by atoms with Gasteiger partial charge in [0.2, 0.25) is 0 Å². The number of anilines is 1. The lowest BCUT2D eigenvalue weighted by atomic mass is 9.48. The molecule has 0 radical (unpaired) electrons. The van der Waals surface area contributed by atoms with Gasteiger partial charge in [0.15, 0.2) is 6.61 Å². The topological polar surface area (TPSA) is 101 Å². The number of ether oxygens (including phenoxy) is 1. The Kier molecular flexibility index (Phi) is 3.77. The molecule has 2 atom stereocenters. The Hall–Kier alpha value is -2.06. The highest BCUT2D eigenvalue weighted by Crippen LogP contribution is 2.61. The van der Waals surface area contributed by atoms with E-state index in [0.29, 0.717) is 29.5 Å². The summed E-state index contributed by atoms with van der Waals surface area (Å²) in [6.07, 6.45) is 4.71. The average Bonchev–Trinajstić information content (AvgIpc) is 3.07. The summed E-state index contributed by atoms with van der Waals surface area (Å²) in [6, 6.07) is 5.37. The summed E-state index contributed by atoms with van der Waals surface area (Å²) in [5.41, 5.74) is 0.574. The summed E-state index contributed by atoms with van der Waals surface area (Å²) in [5.74, 6) is 0.0609. The summed E-state index contributed by atoms with van der Waals surface area (Å²) in [6.45, 7) is -0.331. The van der Waals surface area contributed by atoms with Crippen LogP contribution in [0.5, 0.6) is 0 Å². The molecule has 2 aromatic rings. The fourth-order valence-corrected chi connectivity index (χ4v) is 6.38. The molecule has 8 heteroatoms. The van der Waals surface area contributed by atoms with Crippen LogP contribution in [0.15, 0.2) is 18.2 Å². The number of rotatable bonds is 4. The highest BCUT2D eigenvalue weighted by atomic mass is 32.1. The Morgan fingerprint density at radius 1 is 1.22 bits per heavy atom. The van der Waals surface area contributed by atoms with Gasteiger partial charge in [0.25, 0.3) is 5.91 Å². The Labute approximate surface area is 160 Å². The first kappa shape index (κ1) is 17.1. The molecule has 27 heavy (non-hydrogen) atoms. The molecule has 4 bridgehead atoms. The van der Waals surface area contributed by atoms with Crippen LogP contribution in [0.4, 0.5) is 5.69 Å². The van der Waals surface area contributed by atoms with Gasteiger partial charge in [-0.25, -0.2) is 0 Å². The number of aromatic nitrogens is 2. The van der Waals surface area contributed by atoms with Gasteiger partial charge in [0.1, 0.15) is 11.0 Å². The minimum absolute atomic E-state index is 0.331. The smallest absolute Gasteiger partial charge is 0.312 e. The summed E-state index contributed by atoms with van der Waals surface area (Å²) in [4.78, 5) is 25.1. The van der Waals surface area contributed by atoms with Crippen molar-refractivity contribution in [2.24, 2.45) is 17.3 Å². The normalized spacial score (nSPS) is 34.0. The van der Waals surface area contributed by atoms with Crippen LogP contribution in [-0.2, 0) is 14.3 Å². The van der Waals surface area contributed by atoms with Crippen LogP contribution in [0.1, 0.15) is 38.5 Å². The van der Waals surface area contributed by atoms with Crippen molar-refractivity contribution < 1.29 is 19.4 Å². The van der Waals surface area contributed by atoms with Gasteiger partial charge >= 0.3 is 5.97 Å². The monoisotopic (exact) mass is 387 g/mol. The molecule has 1 amide bonds. The molecular weight excluding hydrogens is 366 g/mol. The first-order valence-corrected chi connectivity index (χ1v) is 10.1. The number of carbonyl (C=O) groups excluding carboxylic acids is 2. The van der Waals surface area contributed by atoms with Crippen molar-refractivity contribution in [2.45, 2.75) is 44.1 Å². The molecule has 2 unspecified atom stereocenters. The van der Waals surface area contributed by atoms with E-state index in [1.165, 1.54) is 0 Å². The molecule has 4 saturated carbocycles. The number of esters is 1. The van der Waals surface area contributed by atoms with Crippen molar-refractivity contribution in [3.05, 3.63) is 18.2 Å². The zero-order valence-corrected chi connectivity index (χ0v) is 15.6. The lowest BCUT2D eigenvalue weighted by molar-refractivity contribution is -0.196. The number of carbonyl (C=O) groups is 2. The SMILES string of the molecule is O=C(COC(=O)C12CC3CC(CC(O)(C3)C1)C2)Nc1cccc2nsnc12. The lowest BCUT2D eigenvalue weighted by Gasteiger charge is -2.58. The predicted molar refractivity (Wildman–Crippen MR) is 99.1 cm³/mol. The Bertz CT molecular complexity index is 913. The van der Waals surface area contributed by atoms with Crippen LogP contribution in [0.3, 0.4) is 0 Å². The average molecular weight is 387 g/mol. The zero-order valence-electron chi connectivity index (χ0n) is 14.8. The van der Waals surface area contributed by atoms with E-state index >= 15 is 0 Å². The van der Waals surface area contributed by atoms with Crippen LogP contribution in [0, 0.1) is 17.3 Å². The van der Waals surface area contributed by atoms with Crippen molar-refractivity contribution >= 4 is 40.3 Å². The second-order valence-electron chi connectivity index (χ2n) is 8.53. The number of aliphatic hydroxyl groups is 1. The molecule has 0 aliphatic heterocycles. The van der Waals surface area contributed by atoms with E-state index in [0.717, 1.165) is 49.3 Å². The second-order valence-corrected chi connectivity index (χ2v) is 9.06. The van der Waals surface area contributed by atoms with E-state index < -0.39 is 16.9 Å². The largest absolute Gasteiger partial charge is 0.455 e. The molecular formula is C19H21N3O4S. The van der Waals surface area contributed by atoms with Crippen LogP contribution in [0.25, 0.3) is 11.0 Å². The molecule has 4 aliphatic carbocycles. The van der Waals surface area contributed by atoms with Crippen LogP contribution in [0.2, 0.25) is 0 Å². The number of amides is 1. The minimum atomic E-state index is -0.724. The maximum Gasteiger partial charge on any atom is 0.312 e. The molecule has 4 aliphatic rings. The molecule has 7 nitrogen and oxygen atoms in total. The van der Waals surface area contributed by atoms with E-state index in [1.807, 2.05) is 6.07 Å². The van der Waals surface area contributed by atoms with Gasteiger partial charge in [0, 0.05) is 0 Å². The first-order valence-electron chi connectivity index (χ1n) is 9.36. The van der Waals surface area contributed by atoms with Crippen molar-refractivity contribution in [3.8, 4) is 0 Å². The van der Waals surface area contributed by atoms with Gasteiger partial charge < -0.3 is 15.2 Å². The van der Waals surface area contributed by atoms with Gasteiger partial charge in [-0.15, -0.1) is 0 Å². The fourth-order valence-electron chi connectivity index (χ4n) is 5.83. The number of nitrogens with zero attached hydrogens (tertiary/aromatic N) is 2. The van der Waals surface area contributed by atoms with E-state index in [9.17, 15) is 14.7 Å². The first-order chi connectivity index (χ1) is 12.9. The van der Waals surface area contributed by atoms with Crippen molar-refractivity contribution in [1.82, 2.24) is 8.75 Å². The number of hydrogen-bond donors (Lipinski definition) is 2. The van der Waals surface area contributed by atoms with Gasteiger partial charge in [0.05, 0.1) is 28.4 Å². The molecule has 1 aromatic heterocycles. The third kappa shape index (κ3) is 2.91. The molecule has 4 fully saturated rings. The third-order valence-electron chi connectivity index (χ3n) is 6.36. The van der Waals surface area contributed by atoms with Gasteiger partial charge in [-0.1, -0.05) is 6.07 Å². The lowest BCUT2D eigenvalue weighted by Crippen LogP contribution is -2.58. The zero-order chi connectivity index (χ0) is 18.6. The summed E-state index contributed by atoms with van der Waals surface area (Å²) < 4.78 is 13.7. The van der Waals surface area contributed by atoms with E-state index in [4.69, 9.17) is 4.74 Å². The van der Waals surface area contributed by atoms with Gasteiger partial charge in [-0.05, 0) is 62.5 Å². The molecule has 0 spiro atoms. The highest BCUT2D eigenvalue weighted by Gasteiger charge is 2.60. The molecule has 0 saturated heterocycles. The van der Waals surface area contributed by atoms with E-state index in [1.54, 1.807) is 12.1 Å². The Morgan fingerprint density at radius 2 is 2.00 bits per heavy atom. The quantitative estimate of drug-likeness (QED) is 0.782. The number of benzene rings is 1. The van der Waals surface area contributed by atoms with E-state index in [2.05, 4.69) is 14.1 Å². The third-order valence-corrected chi connectivity index (χ3v) is 6.90. The Morgan fingerprint density at radius 3 is 2.74 bits per heavy atom. The molecule has 142 valence electrons. The highest BCUT2D eigenvalue weighted by molar-refractivity contribution is 7.00. The summed E-state index contributed by atoms with van der Waals surface area (Å²) >= 11 is 1.08. The van der Waals surface area contributed by atoms with Crippen LogP contribution in [-0.4, -0.2) is 37.9 Å². The van der Waals surface area contributed by atoms with Crippen LogP contribution < -0.4 is 5.32 Å². The molecule has 1 heterocycles. The molecule has 2 N–H and O–H groups in total. The molecule has 6 rings (SSSR count). The van der Waals surface area contributed by atoms with Crippen molar-refractivity contribution in [2.75, 3.05) is 11.9 Å². The standard InChI is InChI=1S/C19H21N3O4S/c23-15(20-13-2-1-3-14-16(13)22-27-21-14)9-26-17(24)18-5-11-4-12(6-18)8-19(25,7-11)10-18/h1-3,11-12,25H,4-10H2,(H,20,23). The number of fused-ring (bicyclic) bond motifs is 1. The molecule has 1 aromatic carbocycles. The van der Waals surface area contributed by atoms with Crippen molar-refractivity contribution in [1.29, 1.82) is 0 Å². The predicted octanol–water partition coefficient (Wildman–Crippen LogP) is 2.50. The fraction of sp³-hybridized carbons (Fsp3) is 0.579. The summed E-state index contributed by atoms with van der Waals surface area (Å²) in [7, 11) is 0. The van der Waals surface area contributed by atoms with E-state index in [-0.39, 0.29) is 12.6 Å².